The number of nitrogens with one attached hydrogen (secondary N) is 1. The predicted octanol–water partition coefficient (Wildman–Crippen LogP) is 3.90. The van der Waals surface area contributed by atoms with Gasteiger partial charge in [-0.2, -0.15) is 0 Å². The molecule has 0 aliphatic heterocycles. The molecule has 3 nitrogen and oxygen atoms in total. The fourth-order valence-corrected chi connectivity index (χ4v) is 2.37. The Hall–Kier alpha value is -1.55. The second kappa shape index (κ2) is 7.14. The smallest absolute Gasteiger partial charge is 0.140 e. The first-order valence-corrected chi connectivity index (χ1v) is 7.52. The van der Waals surface area contributed by atoms with E-state index in [9.17, 15) is 0 Å². The molecular weight excluding hydrogens is 254 g/mol. The summed E-state index contributed by atoms with van der Waals surface area (Å²) >= 11 is 1.76. The third-order valence-electron chi connectivity index (χ3n) is 2.65. The Balaban J connectivity index is 1.93. The lowest BCUT2D eigenvalue weighted by Gasteiger charge is -2.05. The summed E-state index contributed by atoms with van der Waals surface area (Å²) in [5.74, 6) is 2.58. The van der Waals surface area contributed by atoms with Crippen LogP contribution in [0.4, 0.5) is 5.82 Å². The standard InChI is InChI=1S/C15H19N3S/c1-3-9-16-14-8-10-17-15(18-14)11-19-13-6-4-12(2)5-7-13/h4-8,10H,3,9,11H2,1-2H3,(H,16,17,18). The molecule has 1 N–H and O–H groups in total. The fraction of sp³-hybridized carbons (Fsp3) is 0.333. The van der Waals surface area contributed by atoms with Gasteiger partial charge in [0.25, 0.3) is 0 Å². The van der Waals surface area contributed by atoms with Crippen LogP contribution in [0.25, 0.3) is 0 Å². The van der Waals surface area contributed by atoms with Crippen LogP contribution in [0, 0.1) is 6.92 Å². The van der Waals surface area contributed by atoms with Gasteiger partial charge in [-0.1, -0.05) is 24.6 Å². The van der Waals surface area contributed by atoms with Crippen LogP contribution in [0.15, 0.2) is 41.4 Å². The largest absolute Gasteiger partial charge is 0.370 e. The average Bonchev–Trinajstić information content (AvgIpc) is 2.45. The molecule has 2 rings (SSSR count). The Morgan fingerprint density at radius 3 is 2.68 bits per heavy atom. The van der Waals surface area contributed by atoms with Crippen molar-refractivity contribution in [3.05, 3.63) is 47.9 Å². The summed E-state index contributed by atoms with van der Waals surface area (Å²) in [4.78, 5) is 10.1. The Kier molecular flexibility index (Phi) is 5.21. The number of aromatic nitrogens is 2. The van der Waals surface area contributed by atoms with E-state index in [1.54, 1.807) is 11.8 Å². The predicted molar refractivity (Wildman–Crippen MR) is 81.6 cm³/mol. The number of rotatable bonds is 6. The summed E-state index contributed by atoms with van der Waals surface area (Å²) in [7, 11) is 0. The van der Waals surface area contributed by atoms with Crippen molar-refractivity contribution in [1.29, 1.82) is 0 Å². The van der Waals surface area contributed by atoms with Crippen LogP contribution in [0.3, 0.4) is 0 Å². The van der Waals surface area contributed by atoms with Crippen LogP contribution in [0.2, 0.25) is 0 Å². The number of thioether (sulfide) groups is 1. The molecule has 0 saturated heterocycles. The zero-order chi connectivity index (χ0) is 13.5. The lowest BCUT2D eigenvalue weighted by atomic mass is 10.2. The zero-order valence-electron chi connectivity index (χ0n) is 11.4. The van der Waals surface area contributed by atoms with Gasteiger partial charge in [-0.15, -0.1) is 11.8 Å². The molecule has 0 aliphatic carbocycles. The molecule has 0 bridgehead atoms. The van der Waals surface area contributed by atoms with Crippen molar-refractivity contribution >= 4 is 17.6 Å². The highest BCUT2D eigenvalue weighted by Gasteiger charge is 2.00. The van der Waals surface area contributed by atoms with Crippen molar-refractivity contribution in [2.75, 3.05) is 11.9 Å². The van der Waals surface area contributed by atoms with E-state index in [-0.39, 0.29) is 0 Å². The van der Waals surface area contributed by atoms with Gasteiger partial charge in [-0.05, 0) is 31.5 Å². The number of anilines is 1. The van der Waals surface area contributed by atoms with Crippen LogP contribution >= 0.6 is 11.8 Å². The maximum Gasteiger partial charge on any atom is 0.140 e. The second-order valence-electron chi connectivity index (χ2n) is 4.39. The molecule has 0 spiro atoms. The molecule has 1 aromatic carbocycles. The first kappa shape index (κ1) is 13.9. The van der Waals surface area contributed by atoms with Crippen molar-refractivity contribution in [2.24, 2.45) is 0 Å². The van der Waals surface area contributed by atoms with E-state index in [1.165, 1.54) is 10.5 Å². The van der Waals surface area contributed by atoms with E-state index in [4.69, 9.17) is 0 Å². The van der Waals surface area contributed by atoms with E-state index in [0.717, 1.165) is 30.4 Å². The number of benzene rings is 1. The van der Waals surface area contributed by atoms with Gasteiger partial charge in [-0.25, -0.2) is 9.97 Å². The molecular formula is C15H19N3S. The molecule has 2 aromatic rings. The van der Waals surface area contributed by atoms with E-state index in [0.29, 0.717) is 0 Å². The van der Waals surface area contributed by atoms with Gasteiger partial charge in [-0.3, -0.25) is 0 Å². The van der Waals surface area contributed by atoms with E-state index in [1.807, 2.05) is 12.3 Å². The summed E-state index contributed by atoms with van der Waals surface area (Å²) in [5, 5.41) is 3.28. The summed E-state index contributed by atoms with van der Waals surface area (Å²) in [6, 6.07) is 10.4. The molecule has 19 heavy (non-hydrogen) atoms. The van der Waals surface area contributed by atoms with Gasteiger partial charge in [0.05, 0.1) is 5.75 Å². The highest BCUT2D eigenvalue weighted by Crippen LogP contribution is 2.21. The van der Waals surface area contributed by atoms with Crippen molar-refractivity contribution in [1.82, 2.24) is 9.97 Å². The number of nitrogens with zero attached hydrogens (tertiary/aromatic N) is 2. The first-order valence-electron chi connectivity index (χ1n) is 6.53. The molecule has 0 radical (unpaired) electrons. The Morgan fingerprint density at radius 1 is 1.16 bits per heavy atom. The van der Waals surface area contributed by atoms with Gasteiger partial charge in [0.15, 0.2) is 0 Å². The number of hydrogen-bond acceptors (Lipinski definition) is 4. The van der Waals surface area contributed by atoms with Gasteiger partial charge in [0.1, 0.15) is 11.6 Å². The minimum atomic E-state index is 0.796. The second-order valence-corrected chi connectivity index (χ2v) is 5.44. The monoisotopic (exact) mass is 273 g/mol. The third kappa shape index (κ3) is 4.56. The topological polar surface area (TPSA) is 37.8 Å². The quantitative estimate of drug-likeness (QED) is 0.810. The van der Waals surface area contributed by atoms with E-state index >= 15 is 0 Å². The summed E-state index contributed by atoms with van der Waals surface area (Å²) in [6.45, 7) is 5.18. The highest BCUT2D eigenvalue weighted by molar-refractivity contribution is 7.98. The molecule has 100 valence electrons. The molecule has 0 aliphatic rings. The van der Waals surface area contributed by atoms with Crippen molar-refractivity contribution < 1.29 is 0 Å². The SMILES string of the molecule is CCCNc1ccnc(CSc2ccc(C)cc2)n1. The average molecular weight is 273 g/mol. The summed E-state index contributed by atoms with van der Waals surface area (Å²) < 4.78 is 0. The van der Waals surface area contributed by atoms with Crippen molar-refractivity contribution in [2.45, 2.75) is 30.9 Å². The van der Waals surface area contributed by atoms with Crippen LogP contribution in [0.1, 0.15) is 24.7 Å². The Labute approximate surface area is 118 Å². The molecule has 0 fully saturated rings. The highest BCUT2D eigenvalue weighted by atomic mass is 32.2. The van der Waals surface area contributed by atoms with Crippen LogP contribution in [0.5, 0.6) is 0 Å². The first-order chi connectivity index (χ1) is 9.28. The van der Waals surface area contributed by atoms with Gasteiger partial charge in [0.2, 0.25) is 0 Å². The third-order valence-corrected chi connectivity index (χ3v) is 3.66. The van der Waals surface area contributed by atoms with Gasteiger partial charge < -0.3 is 5.32 Å². The summed E-state index contributed by atoms with van der Waals surface area (Å²) in [5.41, 5.74) is 1.28. The summed E-state index contributed by atoms with van der Waals surface area (Å²) in [6.07, 6.45) is 2.91. The molecule has 0 amide bonds. The molecule has 0 saturated carbocycles. The minimum Gasteiger partial charge on any atom is -0.370 e. The van der Waals surface area contributed by atoms with Crippen LogP contribution in [-0.2, 0) is 5.75 Å². The van der Waals surface area contributed by atoms with Crippen LogP contribution < -0.4 is 5.32 Å². The van der Waals surface area contributed by atoms with Crippen molar-refractivity contribution in [3.8, 4) is 0 Å². The normalized spacial score (nSPS) is 10.4. The van der Waals surface area contributed by atoms with Crippen molar-refractivity contribution in [3.63, 3.8) is 0 Å². The van der Waals surface area contributed by atoms with Gasteiger partial charge >= 0.3 is 0 Å². The maximum absolute atomic E-state index is 4.50. The van der Waals surface area contributed by atoms with Crippen LogP contribution in [-0.4, -0.2) is 16.5 Å². The maximum atomic E-state index is 4.50. The number of aryl methyl sites for hydroxylation is 1. The molecule has 1 aromatic heterocycles. The molecule has 1 heterocycles. The van der Waals surface area contributed by atoms with E-state index < -0.39 is 0 Å². The molecule has 4 heteroatoms. The zero-order valence-corrected chi connectivity index (χ0v) is 12.2. The minimum absolute atomic E-state index is 0.796. The molecule has 0 unspecified atom stereocenters. The Morgan fingerprint density at radius 2 is 1.95 bits per heavy atom. The number of hydrogen-bond donors (Lipinski definition) is 1. The fourth-order valence-electron chi connectivity index (χ4n) is 1.60. The van der Waals surface area contributed by atoms with E-state index in [2.05, 4.69) is 53.4 Å². The lowest BCUT2D eigenvalue weighted by Crippen LogP contribution is -2.04. The molecule has 0 atom stereocenters. The Bertz CT molecular complexity index is 511. The lowest BCUT2D eigenvalue weighted by molar-refractivity contribution is 0.951. The van der Waals surface area contributed by atoms with Gasteiger partial charge in [0, 0.05) is 17.6 Å².